The summed E-state index contributed by atoms with van der Waals surface area (Å²) in [6.45, 7) is 3.29. The Hall–Kier alpha value is -5.01. The van der Waals surface area contributed by atoms with Gasteiger partial charge in [0, 0.05) is 24.9 Å². The number of carbonyl (C=O) groups excluding carboxylic acids is 1. The molecule has 0 aromatic heterocycles. The van der Waals surface area contributed by atoms with E-state index in [4.69, 9.17) is 13.7 Å². The van der Waals surface area contributed by atoms with Gasteiger partial charge in [-0.3, -0.25) is 9.52 Å². The van der Waals surface area contributed by atoms with Crippen LogP contribution in [0.15, 0.2) is 101 Å². The van der Waals surface area contributed by atoms with Crippen LogP contribution in [0.25, 0.3) is 6.08 Å². The molecule has 246 valence electrons. The van der Waals surface area contributed by atoms with Crippen molar-refractivity contribution in [3.05, 3.63) is 102 Å². The minimum Gasteiger partial charge on any atom is -0.495 e. The molecule has 0 atom stereocenters. The Labute approximate surface area is 275 Å². The lowest BCUT2D eigenvalue weighted by atomic mass is 10.2. The number of anilines is 3. The Morgan fingerprint density at radius 1 is 0.809 bits per heavy atom. The van der Waals surface area contributed by atoms with Gasteiger partial charge in [0.25, 0.3) is 10.0 Å². The number of aryl methyl sites for hydroxylation is 1. The number of benzene rings is 4. The number of hydrogen-bond donors (Lipinski definition) is 2. The summed E-state index contributed by atoms with van der Waals surface area (Å²) in [5.74, 6) is 0.0000837. The van der Waals surface area contributed by atoms with Gasteiger partial charge < -0.3 is 23.9 Å². The molecule has 0 unspecified atom stereocenters. The predicted octanol–water partition coefficient (Wildman–Crippen LogP) is 5.83. The Kier molecular flexibility index (Phi) is 10.1. The van der Waals surface area contributed by atoms with Crippen molar-refractivity contribution in [2.24, 2.45) is 0 Å². The molecule has 4 aromatic rings. The smallest absolute Gasteiger partial charge is 0.339 e. The monoisotopic (exact) mass is 677 g/mol. The zero-order valence-corrected chi connectivity index (χ0v) is 27.7. The highest BCUT2D eigenvalue weighted by atomic mass is 32.2. The number of amides is 1. The molecule has 47 heavy (non-hydrogen) atoms. The highest BCUT2D eigenvalue weighted by Crippen LogP contribution is 2.34. The molecule has 0 radical (unpaired) electrons. The standard InChI is InChI=1S/C34H35N3O8S2/c1-24-10-15-27(16-11-24)47(41,42)45-31-18-12-25(22-32(31)44-3)13-19-34(38)35-26-14-17-29(37-20-6-7-21-37)33(23-26)46(39,40)36-28-8-4-5-9-30(28)43-2/h4-5,8-19,22-23,36H,6-7,20-21H2,1-3H3,(H,35,38). The quantitative estimate of drug-likeness (QED) is 0.140. The van der Waals surface area contributed by atoms with Crippen LogP contribution in [-0.2, 0) is 24.9 Å². The SMILES string of the molecule is COc1ccccc1NS(=O)(=O)c1cc(NC(=O)C=Cc2ccc(OS(=O)(=O)c3ccc(C)cc3)c(OC)c2)ccc1N1CCCC1. The van der Waals surface area contributed by atoms with E-state index in [0.717, 1.165) is 31.5 Å². The second-order valence-corrected chi connectivity index (χ2v) is 14.0. The maximum atomic E-state index is 13.7. The Morgan fingerprint density at radius 2 is 1.51 bits per heavy atom. The number of rotatable bonds is 12. The molecule has 0 aliphatic carbocycles. The second-order valence-electron chi connectivity index (χ2n) is 10.8. The maximum absolute atomic E-state index is 13.7. The van der Waals surface area contributed by atoms with E-state index in [2.05, 4.69) is 10.0 Å². The van der Waals surface area contributed by atoms with Gasteiger partial charge in [0.2, 0.25) is 5.91 Å². The van der Waals surface area contributed by atoms with Crippen LogP contribution in [0.3, 0.4) is 0 Å². The van der Waals surface area contributed by atoms with Crippen LogP contribution in [0.1, 0.15) is 24.0 Å². The van der Waals surface area contributed by atoms with Crippen molar-refractivity contribution in [1.82, 2.24) is 0 Å². The molecule has 1 aliphatic rings. The first-order valence-corrected chi connectivity index (χ1v) is 17.6. The molecule has 1 heterocycles. The van der Waals surface area contributed by atoms with Gasteiger partial charge in [0.05, 0.1) is 25.6 Å². The number of nitrogens with zero attached hydrogens (tertiary/aromatic N) is 1. The fourth-order valence-electron chi connectivity index (χ4n) is 5.04. The lowest BCUT2D eigenvalue weighted by Gasteiger charge is -2.22. The molecule has 1 aliphatic heterocycles. The summed E-state index contributed by atoms with van der Waals surface area (Å²) in [5, 5.41) is 2.73. The van der Waals surface area contributed by atoms with E-state index in [-0.39, 0.29) is 27.0 Å². The van der Waals surface area contributed by atoms with Crippen LogP contribution < -0.4 is 28.6 Å². The summed E-state index contributed by atoms with van der Waals surface area (Å²) in [6.07, 6.45) is 4.68. The first-order valence-electron chi connectivity index (χ1n) is 14.7. The van der Waals surface area contributed by atoms with Crippen LogP contribution >= 0.6 is 0 Å². The maximum Gasteiger partial charge on any atom is 0.339 e. The van der Waals surface area contributed by atoms with Gasteiger partial charge in [0.15, 0.2) is 11.5 Å². The molecular formula is C34H35N3O8S2. The van der Waals surface area contributed by atoms with E-state index >= 15 is 0 Å². The summed E-state index contributed by atoms with van der Waals surface area (Å²) < 4.78 is 71.5. The van der Waals surface area contributed by atoms with Crippen LogP contribution in [0.4, 0.5) is 17.1 Å². The minimum absolute atomic E-state index is 0.00536. The first-order chi connectivity index (χ1) is 22.5. The molecule has 11 nitrogen and oxygen atoms in total. The predicted molar refractivity (Wildman–Crippen MR) is 181 cm³/mol. The number of nitrogens with one attached hydrogen (secondary N) is 2. The lowest BCUT2D eigenvalue weighted by Crippen LogP contribution is -2.23. The van der Waals surface area contributed by atoms with Gasteiger partial charge in [-0.25, -0.2) is 8.42 Å². The van der Waals surface area contributed by atoms with E-state index in [9.17, 15) is 21.6 Å². The number of methoxy groups -OCH3 is 2. The number of ether oxygens (including phenoxy) is 2. The molecule has 5 rings (SSSR count). The molecule has 1 saturated heterocycles. The number of para-hydroxylation sites is 2. The zero-order valence-electron chi connectivity index (χ0n) is 26.1. The average molecular weight is 678 g/mol. The van der Waals surface area contributed by atoms with Crippen molar-refractivity contribution in [3.63, 3.8) is 0 Å². The average Bonchev–Trinajstić information content (AvgIpc) is 3.59. The molecule has 0 spiro atoms. The normalized spacial score (nSPS) is 13.4. The Morgan fingerprint density at radius 3 is 2.21 bits per heavy atom. The van der Waals surface area contributed by atoms with Crippen LogP contribution in [0.2, 0.25) is 0 Å². The molecule has 4 aromatic carbocycles. The van der Waals surface area contributed by atoms with Crippen LogP contribution in [0, 0.1) is 6.92 Å². The van der Waals surface area contributed by atoms with Gasteiger partial charge in [0.1, 0.15) is 15.5 Å². The van der Waals surface area contributed by atoms with Gasteiger partial charge >= 0.3 is 10.1 Å². The summed E-state index contributed by atoms with van der Waals surface area (Å²) in [4.78, 5) is 15.0. The molecular weight excluding hydrogens is 643 g/mol. The van der Waals surface area contributed by atoms with Crippen molar-refractivity contribution in [3.8, 4) is 17.2 Å². The fourth-order valence-corrected chi connectivity index (χ4v) is 7.30. The highest BCUT2D eigenvalue weighted by Gasteiger charge is 2.26. The van der Waals surface area contributed by atoms with Gasteiger partial charge in [-0.2, -0.15) is 8.42 Å². The van der Waals surface area contributed by atoms with Gasteiger partial charge in [-0.05, 0) is 86.0 Å². The van der Waals surface area contributed by atoms with Crippen LogP contribution in [-0.4, -0.2) is 50.1 Å². The third-order valence-electron chi connectivity index (χ3n) is 7.44. The summed E-state index contributed by atoms with van der Waals surface area (Å²) in [5.41, 5.74) is 2.56. The molecule has 13 heteroatoms. The van der Waals surface area contributed by atoms with E-state index in [1.807, 2.05) is 11.8 Å². The van der Waals surface area contributed by atoms with Crippen molar-refractivity contribution < 1.29 is 35.3 Å². The topological polar surface area (TPSA) is 140 Å². The fraction of sp³-hybridized carbons (Fsp3) is 0.206. The van der Waals surface area contributed by atoms with Crippen molar-refractivity contribution >= 4 is 49.2 Å². The largest absolute Gasteiger partial charge is 0.495 e. The number of carbonyl (C=O) groups is 1. The number of sulfonamides is 1. The molecule has 2 N–H and O–H groups in total. The van der Waals surface area contributed by atoms with Crippen molar-refractivity contribution in [2.75, 3.05) is 42.2 Å². The van der Waals surface area contributed by atoms with Crippen molar-refractivity contribution in [2.45, 2.75) is 29.6 Å². The Balaban J connectivity index is 1.34. The third-order valence-corrected chi connectivity index (χ3v) is 10.1. The van der Waals surface area contributed by atoms with E-state index < -0.39 is 26.0 Å². The van der Waals surface area contributed by atoms with Crippen LogP contribution in [0.5, 0.6) is 17.2 Å². The molecule has 0 bridgehead atoms. The molecule has 1 fully saturated rings. The summed E-state index contributed by atoms with van der Waals surface area (Å²) in [7, 11) is -5.34. The number of hydrogen-bond acceptors (Lipinski definition) is 9. The zero-order chi connectivity index (χ0) is 33.6. The summed E-state index contributed by atoms with van der Waals surface area (Å²) >= 11 is 0. The Bertz CT molecular complexity index is 2010. The molecule has 0 saturated carbocycles. The van der Waals surface area contributed by atoms with E-state index in [0.29, 0.717) is 22.7 Å². The molecule has 1 amide bonds. The van der Waals surface area contributed by atoms with Gasteiger partial charge in [-0.1, -0.05) is 35.9 Å². The second kappa shape index (κ2) is 14.2. The van der Waals surface area contributed by atoms with E-state index in [1.165, 1.54) is 56.7 Å². The lowest BCUT2D eigenvalue weighted by molar-refractivity contribution is -0.111. The first kappa shape index (κ1) is 33.4. The minimum atomic E-state index is -4.10. The van der Waals surface area contributed by atoms with E-state index in [1.54, 1.807) is 54.6 Å². The third kappa shape index (κ3) is 8.05. The van der Waals surface area contributed by atoms with Gasteiger partial charge in [-0.15, -0.1) is 0 Å². The summed E-state index contributed by atoms with van der Waals surface area (Å²) in [6, 6.07) is 22.3. The highest BCUT2D eigenvalue weighted by molar-refractivity contribution is 7.93. The van der Waals surface area contributed by atoms with Crippen molar-refractivity contribution in [1.29, 1.82) is 0 Å².